The molecule has 2 aromatic carbocycles. The number of hydrogen-bond donors (Lipinski definition) is 3. The zero-order valence-electron chi connectivity index (χ0n) is 10.7. The second kappa shape index (κ2) is 5.71. The molecule has 0 unspecified atom stereocenters. The Morgan fingerprint density at radius 3 is 2.65 bits per heavy atom. The number of rotatable bonds is 4. The van der Waals surface area contributed by atoms with Crippen LogP contribution < -0.4 is 15.8 Å². The third-order valence-electron chi connectivity index (χ3n) is 2.72. The molecule has 0 aliphatic rings. The van der Waals surface area contributed by atoms with Gasteiger partial charge in [-0.1, -0.05) is 11.6 Å². The van der Waals surface area contributed by atoms with Gasteiger partial charge in [0.15, 0.2) is 0 Å². The van der Waals surface area contributed by atoms with Gasteiger partial charge in [0.05, 0.1) is 29.1 Å². The van der Waals surface area contributed by atoms with E-state index < -0.39 is 5.97 Å². The molecular formula is C14H13ClN2O3. The summed E-state index contributed by atoms with van der Waals surface area (Å²) in [5, 5.41) is 12.6. The lowest BCUT2D eigenvalue weighted by Gasteiger charge is -2.12. The van der Waals surface area contributed by atoms with E-state index in [2.05, 4.69) is 5.32 Å². The Morgan fingerprint density at radius 2 is 2.00 bits per heavy atom. The molecule has 104 valence electrons. The molecule has 2 aromatic rings. The average molecular weight is 293 g/mol. The van der Waals surface area contributed by atoms with Crippen LogP contribution in [0, 0.1) is 0 Å². The van der Waals surface area contributed by atoms with E-state index in [9.17, 15) is 9.90 Å². The minimum atomic E-state index is -1.07. The van der Waals surface area contributed by atoms with E-state index in [4.69, 9.17) is 22.1 Å². The van der Waals surface area contributed by atoms with Crippen molar-refractivity contribution in [2.45, 2.75) is 0 Å². The SMILES string of the molecule is COc1ccc(Cl)c(Nc2ccc(N)cc2C(=O)O)c1. The van der Waals surface area contributed by atoms with Crippen LogP contribution in [0.3, 0.4) is 0 Å². The molecule has 20 heavy (non-hydrogen) atoms. The van der Waals surface area contributed by atoms with Gasteiger partial charge in [0.2, 0.25) is 0 Å². The number of nitrogens with two attached hydrogens (primary N) is 1. The van der Waals surface area contributed by atoms with Gasteiger partial charge in [-0.2, -0.15) is 0 Å². The summed E-state index contributed by atoms with van der Waals surface area (Å²) in [5.41, 5.74) is 7.01. The van der Waals surface area contributed by atoms with Crippen LogP contribution in [-0.2, 0) is 0 Å². The van der Waals surface area contributed by atoms with Crippen molar-refractivity contribution in [2.24, 2.45) is 0 Å². The fraction of sp³-hybridized carbons (Fsp3) is 0.0714. The standard InChI is InChI=1S/C14H13ClN2O3/c1-20-9-3-4-11(15)13(7-9)17-12-5-2-8(16)6-10(12)14(18)19/h2-7,17H,16H2,1H3,(H,18,19). The molecule has 0 saturated carbocycles. The maximum atomic E-state index is 11.2. The number of carboxylic acid groups (broad SMARTS) is 1. The van der Waals surface area contributed by atoms with Gasteiger partial charge < -0.3 is 20.9 Å². The van der Waals surface area contributed by atoms with E-state index in [1.165, 1.54) is 6.07 Å². The first-order valence-electron chi connectivity index (χ1n) is 5.74. The number of ether oxygens (including phenoxy) is 1. The van der Waals surface area contributed by atoms with Crippen LogP contribution in [0.4, 0.5) is 17.1 Å². The molecule has 0 aliphatic heterocycles. The summed E-state index contributed by atoms with van der Waals surface area (Å²) in [5.74, 6) is -0.456. The van der Waals surface area contributed by atoms with Gasteiger partial charge in [-0.05, 0) is 30.3 Å². The first kappa shape index (κ1) is 14.0. The molecule has 0 atom stereocenters. The third kappa shape index (κ3) is 2.95. The van der Waals surface area contributed by atoms with Crippen molar-refractivity contribution in [2.75, 3.05) is 18.2 Å². The number of hydrogen-bond acceptors (Lipinski definition) is 4. The zero-order valence-corrected chi connectivity index (χ0v) is 11.4. The smallest absolute Gasteiger partial charge is 0.337 e. The average Bonchev–Trinajstić information content (AvgIpc) is 2.42. The molecule has 0 heterocycles. The lowest BCUT2D eigenvalue weighted by molar-refractivity contribution is 0.0698. The van der Waals surface area contributed by atoms with Crippen molar-refractivity contribution >= 4 is 34.6 Å². The molecular weight excluding hydrogens is 280 g/mol. The number of nitrogens with one attached hydrogen (secondary N) is 1. The van der Waals surface area contributed by atoms with Crippen LogP contribution in [0.15, 0.2) is 36.4 Å². The first-order valence-corrected chi connectivity index (χ1v) is 6.12. The van der Waals surface area contributed by atoms with Crippen molar-refractivity contribution in [1.29, 1.82) is 0 Å². The van der Waals surface area contributed by atoms with Gasteiger partial charge in [0, 0.05) is 11.8 Å². The third-order valence-corrected chi connectivity index (χ3v) is 3.05. The molecule has 5 nitrogen and oxygen atoms in total. The Hall–Kier alpha value is -2.40. The molecule has 0 aliphatic carbocycles. The predicted molar refractivity (Wildman–Crippen MR) is 79.1 cm³/mol. The van der Waals surface area contributed by atoms with E-state index in [1.807, 2.05) is 0 Å². The maximum Gasteiger partial charge on any atom is 0.337 e. The van der Waals surface area contributed by atoms with E-state index in [0.717, 1.165) is 0 Å². The van der Waals surface area contributed by atoms with Crippen LogP contribution in [0.25, 0.3) is 0 Å². The first-order chi connectivity index (χ1) is 9.51. The molecule has 0 aromatic heterocycles. The fourth-order valence-corrected chi connectivity index (χ4v) is 1.88. The summed E-state index contributed by atoms with van der Waals surface area (Å²) in [6, 6.07) is 9.66. The predicted octanol–water partition coefficient (Wildman–Crippen LogP) is 3.37. The van der Waals surface area contributed by atoms with Crippen LogP contribution in [-0.4, -0.2) is 18.2 Å². The Labute approximate surface area is 120 Å². The number of nitrogen functional groups attached to an aromatic ring is 1. The fourth-order valence-electron chi connectivity index (χ4n) is 1.72. The highest BCUT2D eigenvalue weighted by atomic mass is 35.5. The highest BCUT2D eigenvalue weighted by molar-refractivity contribution is 6.33. The van der Waals surface area contributed by atoms with Gasteiger partial charge in [-0.15, -0.1) is 0 Å². The molecule has 6 heteroatoms. The number of benzene rings is 2. The molecule has 4 N–H and O–H groups in total. The summed E-state index contributed by atoms with van der Waals surface area (Å²) in [4.78, 5) is 11.2. The topological polar surface area (TPSA) is 84.6 Å². The maximum absolute atomic E-state index is 11.2. The Morgan fingerprint density at radius 1 is 1.25 bits per heavy atom. The second-order valence-corrected chi connectivity index (χ2v) is 4.49. The van der Waals surface area contributed by atoms with Crippen molar-refractivity contribution in [3.63, 3.8) is 0 Å². The lowest BCUT2D eigenvalue weighted by Crippen LogP contribution is -2.04. The van der Waals surface area contributed by atoms with E-state index in [0.29, 0.717) is 27.8 Å². The summed E-state index contributed by atoms with van der Waals surface area (Å²) in [7, 11) is 1.54. The van der Waals surface area contributed by atoms with E-state index in [-0.39, 0.29) is 5.56 Å². The molecule has 0 spiro atoms. The highest BCUT2D eigenvalue weighted by Gasteiger charge is 2.12. The van der Waals surface area contributed by atoms with Crippen molar-refractivity contribution in [3.05, 3.63) is 47.0 Å². The summed E-state index contributed by atoms with van der Waals surface area (Å²) in [6.45, 7) is 0. The number of aromatic carboxylic acids is 1. The molecule has 2 rings (SSSR count). The van der Waals surface area contributed by atoms with Crippen LogP contribution in [0.1, 0.15) is 10.4 Å². The normalized spacial score (nSPS) is 10.1. The minimum absolute atomic E-state index is 0.0730. The van der Waals surface area contributed by atoms with Crippen LogP contribution in [0.5, 0.6) is 5.75 Å². The largest absolute Gasteiger partial charge is 0.497 e. The number of halogens is 1. The lowest BCUT2D eigenvalue weighted by atomic mass is 10.1. The van der Waals surface area contributed by atoms with Gasteiger partial charge in [-0.25, -0.2) is 4.79 Å². The van der Waals surface area contributed by atoms with Gasteiger partial charge >= 0.3 is 5.97 Å². The Bertz CT molecular complexity index is 659. The van der Waals surface area contributed by atoms with E-state index >= 15 is 0 Å². The molecule has 0 radical (unpaired) electrons. The number of methoxy groups -OCH3 is 1. The quantitative estimate of drug-likeness (QED) is 0.752. The Kier molecular flexibility index (Phi) is 4.00. The molecule has 0 saturated heterocycles. The number of anilines is 3. The highest BCUT2D eigenvalue weighted by Crippen LogP contribution is 2.31. The minimum Gasteiger partial charge on any atom is -0.497 e. The summed E-state index contributed by atoms with van der Waals surface area (Å²) < 4.78 is 5.11. The summed E-state index contributed by atoms with van der Waals surface area (Å²) >= 11 is 6.08. The van der Waals surface area contributed by atoms with Crippen molar-refractivity contribution < 1.29 is 14.6 Å². The van der Waals surface area contributed by atoms with E-state index in [1.54, 1.807) is 37.4 Å². The van der Waals surface area contributed by atoms with Crippen LogP contribution >= 0.6 is 11.6 Å². The van der Waals surface area contributed by atoms with Gasteiger partial charge in [-0.3, -0.25) is 0 Å². The molecule has 0 bridgehead atoms. The summed E-state index contributed by atoms with van der Waals surface area (Å²) in [6.07, 6.45) is 0. The van der Waals surface area contributed by atoms with Crippen molar-refractivity contribution in [1.82, 2.24) is 0 Å². The Balaban J connectivity index is 2.42. The molecule has 0 amide bonds. The van der Waals surface area contributed by atoms with Gasteiger partial charge in [0.1, 0.15) is 5.75 Å². The number of carboxylic acids is 1. The van der Waals surface area contributed by atoms with Gasteiger partial charge in [0.25, 0.3) is 0 Å². The number of carbonyl (C=O) groups is 1. The molecule has 0 fully saturated rings. The zero-order chi connectivity index (χ0) is 14.7. The monoisotopic (exact) mass is 292 g/mol. The van der Waals surface area contributed by atoms with Crippen LogP contribution in [0.2, 0.25) is 5.02 Å². The second-order valence-electron chi connectivity index (χ2n) is 4.08. The van der Waals surface area contributed by atoms with Crippen molar-refractivity contribution in [3.8, 4) is 5.75 Å².